The highest BCUT2D eigenvalue weighted by Gasteiger charge is 2.16. The molecular formula is C16H21N5. The molecule has 0 unspecified atom stereocenters. The van der Waals surface area contributed by atoms with Crippen molar-refractivity contribution in [2.75, 3.05) is 36.8 Å². The van der Waals surface area contributed by atoms with Crippen LogP contribution >= 0.6 is 0 Å². The summed E-state index contributed by atoms with van der Waals surface area (Å²) in [6.07, 6.45) is 4.53. The third-order valence-electron chi connectivity index (χ3n) is 3.82. The summed E-state index contributed by atoms with van der Waals surface area (Å²) >= 11 is 0. The molecule has 0 atom stereocenters. The first-order chi connectivity index (χ1) is 10.3. The summed E-state index contributed by atoms with van der Waals surface area (Å²) in [5.74, 6) is 1.39. The Kier molecular flexibility index (Phi) is 4.31. The molecule has 0 saturated carbocycles. The average molecular weight is 283 g/mol. The molecule has 1 fully saturated rings. The summed E-state index contributed by atoms with van der Waals surface area (Å²) in [7, 11) is 0. The maximum atomic E-state index is 5.59. The van der Waals surface area contributed by atoms with Crippen molar-refractivity contribution in [1.82, 2.24) is 14.9 Å². The fourth-order valence-corrected chi connectivity index (χ4v) is 2.69. The molecule has 21 heavy (non-hydrogen) atoms. The zero-order valence-corrected chi connectivity index (χ0v) is 12.2. The van der Waals surface area contributed by atoms with Crippen LogP contribution in [0.2, 0.25) is 0 Å². The van der Waals surface area contributed by atoms with Crippen LogP contribution in [0.5, 0.6) is 0 Å². The number of anilines is 2. The lowest BCUT2D eigenvalue weighted by molar-refractivity contribution is 0.285. The van der Waals surface area contributed by atoms with E-state index >= 15 is 0 Å². The fraction of sp³-hybridized carbons (Fsp3) is 0.375. The highest BCUT2D eigenvalue weighted by molar-refractivity contribution is 5.39. The molecule has 0 aliphatic carbocycles. The van der Waals surface area contributed by atoms with E-state index in [9.17, 15) is 0 Å². The van der Waals surface area contributed by atoms with Crippen LogP contribution in [-0.4, -0.2) is 41.0 Å². The second-order valence-corrected chi connectivity index (χ2v) is 5.40. The van der Waals surface area contributed by atoms with Gasteiger partial charge in [-0.25, -0.2) is 9.97 Å². The van der Waals surface area contributed by atoms with Crippen molar-refractivity contribution in [3.63, 3.8) is 0 Å². The van der Waals surface area contributed by atoms with E-state index in [1.165, 1.54) is 5.56 Å². The molecule has 5 nitrogen and oxygen atoms in total. The molecule has 1 saturated heterocycles. The van der Waals surface area contributed by atoms with Crippen molar-refractivity contribution >= 4 is 11.6 Å². The molecule has 5 heteroatoms. The molecule has 1 aromatic carbocycles. The third kappa shape index (κ3) is 3.70. The van der Waals surface area contributed by atoms with Crippen molar-refractivity contribution in [2.45, 2.75) is 13.0 Å². The summed E-state index contributed by atoms with van der Waals surface area (Å²) in [5.41, 5.74) is 6.97. The van der Waals surface area contributed by atoms with Gasteiger partial charge in [-0.2, -0.15) is 0 Å². The first kappa shape index (κ1) is 13.8. The van der Waals surface area contributed by atoms with Crippen molar-refractivity contribution in [3.05, 3.63) is 48.3 Å². The molecule has 0 amide bonds. The molecular weight excluding hydrogens is 262 g/mol. The van der Waals surface area contributed by atoms with Crippen LogP contribution in [-0.2, 0) is 6.54 Å². The molecule has 2 N–H and O–H groups in total. The van der Waals surface area contributed by atoms with Gasteiger partial charge < -0.3 is 10.6 Å². The molecule has 1 aromatic heterocycles. The monoisotopic (exact) mass is 283 g/mol. The lowest BCUT2D eigenvalue weighted by Gasteiger charge is -2.22. The van der Waals surface area contributed by atoms with E-state index in [4.69, 9.17) is 5.73 Å². The van der Waals surface area contributed by atoms with Gasteiger partial charge in [-0.15, -0.1) is 0 Å². The van der Waals surface area contributed by atoms with E-state index in [2.05, 4.69) is 50.1 Å². The zero-order valence-electron chi connectivity index (χ0n) is 12.2. The summed E-state index contributed by atoms with van der Waals surface area (Å²) in [6.45, 7) is 5.17. The Balaban J connectivity index is 1.60. The lowest BCUT2D eigenvalue weighted by Crippen LogP contribution is -2.31. The molecule has 1 aliphatic rings. The first-order valence-electron chi connectivity index (χ1n) is 7.40. The van der Waals surface area contributed by atoms with E-state index < -0.39 is 0 Å². The minimum Gasteiger partial charge on any atom is -0.382 e. The Morgan fingerprint density at radius 2 is 1.81 bits per heavy atom. The van der Waals surface area contributed by atoms with Crippen LogP contribution in [0.3, 0.4) is 0 Å². The molecule has 0 spiro atoms. The van der Waals surface area contributed by atoms with Gasteiger partial charge in [0.2, 0.25) is 0 Å². The van der Waals surface area contributed by atoms with E-state index in [0.717, 1.165) is 45.0 Å². The van der Waals surface area contributed by atoms with Crippen molar-refractivity contribution < 1.29 is 0 Å². The molecule has 3 rings (SSSR count). The number of hydrogen-bond acceptors (Lipinski definition) is 5. The number of aromatic nitrogens is 2. The van der Waals surface area contributed by atoms with Gasteiger partial charge in [0.1, 0.15) is 11.6 Å². The predicted octanol–water partition coefficient (Wildman–Crippen LogP) is 1.77. The molecule has 2 aromatic rings. The number of nitrogens with two attached hydrogens (primary N) is 1. The maximum Gasteiger partial charge on any atom is 0.147 e. The maximum absolute atomic E-state index is 5.59. The van der Waals surface area contributed by atoms with Crippen LogP contribution in [0.25, 0.3) is 0 Å². The van der Waals surface area contributed by atoms with E-state index in [1.54, 1.807) is 12.4 Å². The van der Waals surface area contributed by atoms with Crippen molar-refractivity contribution in [2.24, 2.45) is 0 Å². The van der Waals surface area contributed by atoms with Gasteiger partial charge >= 0.3 is 0 Å². The van der Waals surface area contributed by atoms with Crippen LogP contribution in [0.4, 0.5) is 11.6 Å². The quantitative estimate of drug-likeness (QED) is 0.930. The number of nitrogen functional groups attached to an aromatic ring is 1. The van der Waals surface area contributed by atoms with Gasteiger partial charge in [-0.3, -0.25) is 4.90 Å². The highest BCUT2D eigenvalue weighted by atomic mass is 15.2. The number of benzene rings is 1. The van der Waals surface area contributed by atoms with Crippen LogP contribution in [0, 0.1) is 0 Å². The summed E-state index contributed by atoms with van der Waals surface area (Å²) in [5, 5.41) is 0. The van der Waals surface area contributed by atoms with E-state index in [0.29, 0.717) is 5.82 Å². The van der Waals surface area contributed by atoms with Gasteiger partial charge in [-0.1, -0.05) is 30.3 Å². The normalized spacial score (nSPS) is 16.7. The number of nitrogens with zero attached hydrogens (tertiary/aromatic N) is 4. The molecule has 1 aliphatic heterocycles. The number of hydrogen-bond donors (Lipinski definition) is 1. The molecule has 110 valence electrons. The fourth-order valence-electron chi connectivity index (χ4n) is 2.69. The van der Waals surface area contributed by atoms with Gasteiger partial charge in [0.15, 0.2) is 0 Å². The van der Waals surface area contributed by atoms with Crippen LogP contribution in [0.15, 0.2) is 42.7 Å². The first-order valence-corrected chi connectivity index (χ1v) is 7.40. The van der Waals surface area contributed by atoms with Gasteiger partial charge in [0, 0.05) is 32.7 Å². The molecule has 0 bridgehead atoms. The van der Waals surface area contributed by atoms with E-state index in [1.807, 2.05) is 0 Å². The Hall–Kier alpha value is -2.14. The Bertz CT molecular complexity index is 555. The Morgan fingerprint density at radius 3 is 2.57 bits per heavy atom. The molecule has 2 heterocycles. The third-order valence-corrected chi connectivity index (χ3v) is 3.82. The zero-order chi connectivity index (χ0) is 14.5. The summed E-state index contributed by atoms with van der Waals surface area (Å²) < 4.78 is 0. The standard InChI is InChI=1S/C16H21N5/c17-15-11-19-16(12-18-15)21-8-4-7-20(9-10-21)13-14-5-2-1-3-6-14/h1-3,5-6,11-12H,4,7-10,13H2,(H2,17,18). The number of rotatable bonds is 3. The average Bonchev–Trinajstić information content (AvgIpc) is 2.75. The lowest BCUT2D eigenvalue weighted by atomic mass is 10.2. The SMILES string of the molecule is Nc1cnc(N2CCCN(Cc3ccccc3)CC2)cn1. The minimum absolute atomic E-state index is 0.472. The Labute approximate surface area is 125 Å². The topological polar surface area (TPSA) is 58.3 Å². The van der Waals surface area contributed by atoms with E-state index in [-0.39, 0.29) is 0 Å². The molecule has 0 radical (unpaired) electrons. The largest absolute Gasteiger partial charge is 0.382 e. The predicted molar refractivity (Wildman–Crippen MR) is 85.0 cm³/mol. The smallest absolute Gasteiger partial charge is 0.147 e. The van der Waals surface area contributed by atoms with Gasteiger partial charge in [0.25, 0.3) is 0 Å². The van der Waals surface area contributed by atoms with Gasteiger partial charge in [-0.05, 0) is 12.0 Å². The second-order valence-electron chi connectivity index (χ2n) is 5.40. The Morgan fingerprint density at radius 1 is 0.952 bits per heavy atom. The van der Waals surface area contributed by atoms with Crippen molar-refractivity contribution in [3.8, 4) is 0 Å². The summed E-state index contributed by atoms with van der Waals surface area (Å²) in [6, 6.07) is 10.6. The highest BCUT2D eigenvalue weighted by Crippen LogP contribution is 2.14. The second kappa shape index (κ2) is 6.54. The van der Waals surface area contributed by atoms with Crippen LogP contribution < -0.4 is 10.6 Å². The van der Waals surface area contributed by atoms with Gasteiger partial charge in [0.05, 0.1) is 12.4 Å². The minimum atomic E-state index is 0.472. The van der Waals surface area contributed by atoms with Crippen LogP contribution in [0.1, 0.15) is 12.0 Å². The summed E-state index contributed by atoms with van der Waals surface area (Å²) in [4.78, 5) is 13.3. The van der Waals surface area contributed by atoms with Crippen molar-refractivity contribution in [1.29, 1.82) is 0 Å².